The Bertz CT molecular complexity index is 710. The first-order chi connectivity index (χ1) is 24.0. The molecule has 4 heteroatoms. The summed E-state index contributed by atoms with van der Waals surface area (Å²) in [7, 11) is 4.23. The van der Waals surface area contributed by atoms with Crippen molar-refractivity contribution in [1.82, 2.24) is 10.2 Å². The maximum atomic E-state index is 10.9. The van der Waals surface area contributed by atoms with Crippen molar-refractivity contribution in [3.8, 4) is 0 Å². The summed E-state index contributed by atoms with van der Waals surface area (Å²) in [6, 6.07) is 0.191. The minimum Gasteiger partial charge on any atom is -0.377 e. The minimum atomic E-state index is -0.599. The molecule has 4 N–H and O–H groups in total. The lowest BCUT2D eigenvalue weighted by Gasteiger charge is -2.27. The van der Waals surface area contributed by atoms with Gasteiger partial charge in [0.2, 0.25) is 0 Å². The maximum absolute atomic E-state index is 10.9. The molecule has 49 heavy (non-hydrogen) atoms. The summed E-state index contributed by atoms with van der Waals surface area (Å²) in [5.74, 6) is 0. The molecule has 0 amide bonds. The van der Waals surface area contributed by atoms with Crippen LogP contribution in [0.4, 0.5) is 0 Å². The van der Waals surface area contributed by atoms with Crippen LogP contribution in [0, 0.1) is 0 Å². The van der Waals surface area contributed by atoms with E-state index in [1.54, 1.807) is 0 Å². The van der Waals surface area contributed by atoms with Crippen molar-refractivity contribution in [3.05, 3.63) is 48.6 Å². The van der Waals surface area contributed by atoms with E-state index in [1.807, 2.05) is 0 Å². The Morgan fingerprint density at radius 2 is 0.857 bits per heavy atom. The molecule has 0 heterocycles. The van der Waals surface area contributed by atoms with Crippen LogP contribution in [0.15, 0.2) is 48.6 Å². The highest BCUT2D eigenvalue weighted by Crippen LogP contribution is 2.17. The number of unbranched alkanes of at least 4 members (excludes halogenated alkanes) is 19. The summed E-state index contributed by atoms with van der Waals surface area (Å²) in [6.45, 7) is 5.61. The van der Waals surface area contributed by atoms with Crippen molar-refractivity contribution in [2.75, 3.05) is 20.6 Å². The lowest BCUT2D eigenvalue weighted by Crippen LogP contribution is -2.49. The molecular formula is C45H87N3O. The molecule has 0 aliphatic rings. The van der Waals surface area contributed by atoms with E-state index in [-0.39, 0.29) is 6.04 Å². The van der Waals surface area contributed by atoms with Crippen LogP contribution in [-0.2, 0) is 0 Å². The lowest BCUT2D eigenvalue weighted by atomic mass is 9.99. The van der Waals surface area contributed by atoms with Gasteiger partial charge >= 0.3 is 0 Å². The molecule has 0 aromatic heterocycles. The summed E-state index contributed by atoms with van der Waals surface area (Å²) in [5, 5.41) is 14.5. The molecule has 0 rings (SSSR count). The molecule has 288 valence electrons. The van der Waals surface area contributed by atoms with E-state index >= 15 is 0 Å². The summed E-state index contributed by atoms with van der Waals surface area (Å²) < 4.78 is 0. The molecule has 2 unspecified atom stereocenters. The fourth-order valence-electron chi connectivity index (χ4n) is 6.40. The smallest absolute Gasteiger partial charge is 0.120 e. The minimum absolute atomic E-state index is 0.184. The van der Waals surface area contributed by atoms with E-state index in [0.717, 1.165) is 51.5 Å². The fraction of sp³-hybridized carbons (Fsp3) is 0.822. The largest absolute Gasteiger partial charge is 0.377 e. The number of aliphatic hydroxyl groups excluding tert-OH is 1. The van der Waals surface area contributed by atoms with Gasteiger partial charge in [0.25, 0.3) is 0 Å². The molecule has 0 fully saturated rings. The van der Waals surface area contributed by atoms with E-state index < -0.39 is 6.23 Å². The van der Waals surface area contributed by atoms with E-state index in [1.165, 1.54) is 141 Å². The van der Waals surface area contributed by atoms with Crippen LogP contribution in [-0.4, -0.2) is 49.0 Å². The zero-order chi connectivity index (χ0) is 35.9. The van der Waals surface area contributed by atoms with Gasteiger partial charge in [-0.25, -0.2) is 0 Å². The van der Waals surface area contributed by atoms with E-state index in [0.29, 0.717) is 6.04 Å². The first-order valence-electron chi connectivity index (χ1n) is 21.5. The average Bonchev–Trinajstić information content (AvgIpc) is 3.09. The molecular weight excluding hydrogens is 599 g/mol. The molecule has 0 aliphatic heterocycles. The molecule has 0 saturated carbocycles. The molecule has 0 radical (unpaired) electrons. The molecule has 0 aliphatic carbocycles. The van der Waals surface area contributed by atoms with E-state index in [9.17, 15) is 5.11 Å². The number of hydrogen-bond donors (Lipinski definition) is 3. The standard InChI is InChI=1S/C45H87N3O/c1-5-7-9-11-13-15-17-19-21-23-25-27-29-31-33-35-39-43(47-45(49)44(46)41-37-38-42-48(3)4)40-36-34-32-30-28-26-24-22-20-18-16-14-12-10-8-6-2/h13-16,19-22,43-45,47,49H,5-12,17-18,23-42,46H2,1-4H3/b15-13-,16-14-,21-19-,22-20-. The summed E-state index contributed by atoms with van der Waals surface area (Å²) in [5.41, 5.74) is 6.42. The third kappa shape index (κ3) is 37.9. The van der Waals surface area contributed by atoms with Crippen LogP contribution < -0.4 is 11.1 Å². The monoisotopic (exact) mass is 686 g/mol. The SMILES string of the molecule is CCCCC/C=C\C/C=C\CCCCCCCCC(CCCCCCCC/C=C\C/C=C\CCCCC)NC(O)C(N)CCCCN(C)C. The highest BCUT2D eigenvalue weighted by atomic mass is 16.3. The first kappa shape index (κ1) is 47.8. The quantitative estimate of drug-likeness (QED) is 0.0344. The third-order valence-corrected chi connectivity index (χ3v) is 9.71. The molecule has 0 bridgehead atoms. The van der Waals surface area contributed by atoms with Crippen LogP contribution in [0.25, 0.3) is 0 Å². The molecule has 0 aromatic rings. The van der Waals surface area contributed by atoms with Crippen molar-refractivity contribution in [1.29, 1.82) is 0 Å². The maximum Gasteiger partial charge on any atom is 0.120 e. The van der Waals surface area contributed by atoms with Gasteiger partial charge in [0.05, 0.1) is 0 Å². The van der Waals surface area contributed by atoms with Crippen molar-refractivity contribution in [2.45, 2.75) is 218 Å². The molecule has 2 atom stereocenters. The highest BCUT2D eigenvalue weighted by Gasteiger charge is 2.18. The van der Waals surface area contributed by atoms with Gasteiger partial charge in [-0.15, -0.1) is 0 Å². The van der Waals surface area contributed by atoms with Gasteiger partial charge in [0.1, 0.15) is 6.23 Å². The summed E-state index contributed by atoms with van der Waals surface area (Å²) in [4.78, 5) is 2.22. The van der Waals surface area contributed by atoms with Crippen molar-refractivity contribution in [2.24, 2.45) is 5.73 Å². The van der Waals surface area contributed by atoms with Gasteiger partial charge in [-0.05, 0) is 111 Å². The third-order valence-electron chi connectivity index (χ3n) is 9.71. The van der Waals surface area contributed by atoms with E-state index in [4.69, 9.17) is 5.73 Å². The zero-order valence-corrected chi connectivity index (χ0v) is 33.5. The van der Waals surface area contributed by atoms with Gasteiger partial charge in [0, 0.05) is 12.1 Å². The predicted octanol–water partition coefficient (Wildman–Crippen LogP) is 12.7. The number of hydrogen-bond acceptors (Lipinski definition) is 4. The molecule has 0 spiro atoms. The van der Waals surface area contributed by atoms with Crippen LogP contribution in [0.1, 0.15) is 200 Å². The number of allylic oxidation sites excluding steroid dienone is 8. The Hall–Kier alpha value is -1.20. The molecule has 0 saturated heterocycles. The molecule has 0 aromatic carbocycles. The van der Waals surface area contributed by atoms with Gasteiger partial charge in [-0.3, -0.25) is 5.32 Å². The lowest BCUT2D eigenvalue weighted by molar-refractivity contribution is 0.0866. The zero-order valence-electron chi connectivity index (χ0n) is 33.5. The number of aliphatic hydroxyl groups is 1. The van der Waals surface area contributed by atoms with E-state index in [2.05, 4.69) is 86.8 Å². The van der Waals surface area contributed by atoms with Crippen molar-refractivity contribution < 1.29 is 5.11 Å². The Labute approximate surface area is 307 Å². The number of nitrogens with zero attached hydrogens (tertiary/aromatic N) is 1. The predicted molar refractivity (Wildman–Crippen MR) is 221 cm³/mol. The van der Waals surface area contributed by atoms with Crippen LogP contribution in [0.3, 0.4) is 0 Å². The Morgan fingerprint density at radius 3 is 1.27 bits per heavy atom. The van der Waals surface area contributed by atoms with Gasteiger partial charge in [-0.1, -0.05) is 159 Å². The van der Waals surface area contributed by atoms with Gasteiger partial charge in [0.15, 0.2) is 0 Å². The highest BCUT2D eigenvalue weighted by molar-refractivity contribution is 4.93. The second kappa shape index (κ2) is 39.6. The number of nitrogens with one attached hydrogen (secondary N) is 1. The summed E-state index contributed by atoms with van der Waals surface area (Å²) >= 11 is 0. The molecule has 4 nitrogen and oxygen atoms in total. The normalized spacial score (nSPS) is 13.9. The van der Waals surface area contributed by atoms with Gasteiger partial charge < -0.3 is 15.7 Å². The Balaban J connectivity index is 4.21. The second-order valence-corrected chi connectivity index (χ2v) is 15.0. The number of nitrogens with two attached hydrogens (primary N) is 1. The fourth-order valence-corrected chi connectivity index (χ4v) is 6.40. The average molecular weight is 686 g/mol. The second-order valence-electron chi connectivity index (χ2n) is 15.0. The van der Waals surface area contributed by atoms with Crippen LogP contribution >= 0.6 is 0 Å². The topological polar surface area (TPSA) is 61.5 Å². The van der Waals surface area contributed by atoms with Crippen LogP contribution in [0.2, 0.25) is 0 Å². The van der Waals surface area contributed by atoms with Crippen LogP contribution in [0.5, 0.6) is 0 Å². The van der Waals surface area contributed by atoms with Crippen molar-refractivity contribution in [3.63, 3.8) is 0 Å². The summed E-state index contributed by atoms with van der Waals surface area (Å²) in [6.07, 6.45) is 54.4. The van der Waals surface area contributed by atoms with Gasteiger partial charge in [-0.2, -0.15) is 0 Å². The Morgan fingerprint density at radius 1 is 0.490 bits per heavy atom. The van der Waals surface area contributed by atoms with Crippen molar-refractivity contribution >= 4 is 0 Å². The number of rotatable bonds is 38. The Kier molecular flexibility index (Phi) is 38.6. The first-order valence-corrected chi connectivity index (χ1v) is 21.5.